The van der Waals surface area contributed by atoms with Crippen molar-refractivity contribution in [2.24, 2.45) is 11.8 Å². The van der Waals surface area contributed by atoms with Crippen LogP contribution in [0.3, 0.4) is 0 Å². The zero-order valence-electron chi connectivity index (χ0n) is 19.9. The fourth-order valence-corrected chi connectivity index (χ4v) is 4.92. The molecule has 0 radical (unpaired) electrons. The molecule has 1 aromatic carbocycles. The van der Waals surface area contributed by atoms with Gasteiger partial charge in [-0.25, -0.2) is 9.59 Å². The summed E-state index contributed by atoms with van der Waals surface area (Å²) in [5.41, 5.74) is 2.23. The van der Waals surface area contributed by atoms with E-state index in [4.69, 9.17) is 13.9 Å². The first-order chi connectivity index (χ1) is 15.6. The van der Waals surface area contributed by atoms with E-state index in [9.17, 15) is 14.4 Å². The minimum absolute atomic E-state index is 0.179. The molecule has 1 aromatic heterocycles. The molecule has 2 aromatic rings. The van der Waals surface area contributed by atoms with Crippen molar-refractivity contribution in [1.82, 2.24) is 5.32 Å². The van der Waals surface area contributed by atoms with E-state index in [0.717, 1.165) is 55.0 Å². The van der Waals surface area contributed by atoms with Gasteiger partial charge >= 0.3 is 17.7 Å². The zero-order chi connectivity index (χ0) is 23.8. The summed E-state index contributed by atoms with van der Waals surface area (Å²) in [6.45, 7) is 7.95. The third kappa shape index (κ3) is 5.40. The standard InChI is InChI=1S/C26H33NO6/c1-15-12-20(22-18-6-5-7-19(18)24(29)32-21(22)13-15)31-23(28)17-10-8-16(9-11-17)14-27-25(30)33-26(2,3)4/h12-13,16-17H,5-11,14H2,1-4H3,(H,27,30). The molecule has 0 atom stereocenters. The number of rotatable bonds is 4. The first-order valence-corrected chi connectivity index (χ1v) is 11.9. The summed E-state index contributed by atoms with van der Waals surface area (Å²) in [6, 6.07) is 3.69. The molecule has 0 unspecified atom stereocenters. The zero-order valence-corrected chi connectivity index (χ0v) is 19.9. The SMILES string of the molecule is Cc1cc(OC(=O)C2CCC(CNC(=O)OC(C)(C)C)CC2)c2c3c(c(=O)oc2c1)CCC3. The summed E-state index contributed by atoms with van der Waals surface area (Å²) in [7, 11) is 0. The highest BCUT2D eigenvalue weighted by Crippen LogP contribution is 2.36. The second kappa shape index (κ2) is 9.20. The number of hydrogen-bond donors (Lipinski definition) is 1. The molecular weight excluding hydrogens is 422 g/mol. The first kappa shape index (κ1) is 23.3. The predicted molar refractivity (Wildman–Crippen MR) is 125 cm³/mol. The fraction of sp³-hybridized carbons (Fsp3) is 0.577. The van der Waals surface area contributed by atoms with Gasteiger partial charge in [0.15, 0.2) is 0 Å². The van der Waals surface area contributed by atoms with Gasteiger partial charge in [0.25, 0.3) is 0 Å². The van der Waals surface area contributed by atoms with Crippen LogP contribution >= 0.6 is 0 Å². The van der Waals surface area contributed by atoms with Gasteiger partial charge in [0.05, 0.1) is 11.3 Å². The van der Waals surface area contributed by atoms with E-state index in [2.05, 4.69) is 5.32 Å². The maximum Gasteiger partial charge on any atom is 0.407 e. The van der Waals surface area contributed by atoms with Crippen LogP contribution in [0.2, 0.25) is 0 Å². The van der Waals surface area contributed by atoms with Crippen molar-refractivity contribution in [3.05, 3.63) is 39.2 Å². The third-order valence-corrected chi connectivity index (χ3v) is 6.50. The Hall–Kier alpha value is -2.83. The van der Waals surface area contributed by atoms with E-state index in [1.807, 2.05) is 39.8 Å². The summed E-state index contributed by atoms with van der Waals surface area (Å²) < 4.78 is 16.7. The van der Waals surface area contributed by atoms with E-state index in [0.29, 0.717) is 35.8 Å². The topological polar surface area (TPSA) is 94.8 Å². The summed E-state index contributed by atoms with van der Waals surface area (Å²) >= 11 is 0. The number of aryl methyl sites for hydroxylation is 2. The largest absolute Gasteiger partial charge is 0.444 e. The highest BCUT2D eigenvalue weighted by molar-refractivity contribution is 5.91. The number of carbonyl (C=O) groups is 2. The van der Waals surface area contributed by atoms with Gasteiger partial charge in [0.2, 0.25) is 0 Å². The van der Waals surface area contributed by atoms with Crippen LogP contribution in [0.4, 0.5) is 4.79 Å². The van der Waals surface area contributed by atoms with Crippen molar-refractivity contribution in [2.75, 3.05) is 6.54 Å². The molecule has 0 aliphatic heterocycles. The van der Waals surface area contributed by atoms with Crippen molar-refractivity contribution in [3.8, 4) is 5.75 Å². The average molecular weight is 456 g/mol. The van der Waals surface area contributed by atoms with Gasteiger partial charge < -0.3 is 19.2 Å². The normalized spacial score (nSPS) is 20.4. The van der Waals surface area contributed by atoms with Crippen LogP contribution in [0, 0.1) is 18.8 Å². The second-order valence-electron chi connectivity index (χ2n) is 10.4. The van der Waals surface area contributed by atoms with Gasteiger partial charge in [0, 0.05) is 12.1 Å². The van der Waals surface area contributed by atoms with E-state index in [1.54, 1.807) is 0 Å². The number of hydrogen-bond acceptors (Lipinski definition) is 6. The number of alkyl carbamates (subject to hydrolysis) is 1. The number of esters is 1. The molecule has 1 amide bonds. The molecule has 0 bridgehead atoms. The maximum absolute atomic E-state index is 13.0. The molecule has 7 nitrogen and oxygen atoms in total. The molecular formula is C26H33NO6. The Kier molecular flexibility index (Phi) is 6.50. The van der Waals surface area contributed by atoms with Crippen molar-refractivity contribution < 1.29 is 23.5 Å². The van der Waals surface area contributed by atoms with Crippen LogP contribution in [-0.4, -0.2) is 24.2 Å². The van der Waals surface area contributed by atoms with Crippen LogP contribution in [0.1, 0.15) is 69.6 Å². The van der Waals surface area contributed by atoms with Crippen LogP contribution in [0.25, 0.3) is 11.0 Å². The number of nitrogens with one attached hydrogen (secondary N) is 1. The monoisotopic (exact) mass is 455 g/mol. The Labute approximate surface area is 193 Å². The summed E-state index contributed by atoms with van der Waals surface area (Å²) in [5.74, 6) is 0.394. The maximum atomic E-state index is 13.0. The number of fused-ring (bicyclic) bond motifs is 3. The summed E-state index contributed by atoms with van der Waals surface area (Å²) in [6.07, 6.45) is 5.11. The molecule has 1 N–H and O–H groups in total. The van der Waals surface area contributed by atoms with E-state index >= 15 is 0 Å². The smallest absolute Gasteiger partial charge is 0.407 e. The Balaban J connectivity index is 1.40. The predicted octanol–water partition coefficient (Wildman–Crippen LogP) is 4.83. The Bertz CT molecular complexity index is 1120. The van der Waals surface area contributed by atoms with Crippen LogP contribution in [0.5, 0.6) is 5.75 Å². The molecule has 2 aliphatic carbocycles. The molecule has 0 spiro atoms. The number of ether oxygens (including phenoxy) is 2. The fourth-order valence-electron chi connectivity index (χ4n) is 4.92. The van der Waals surface area contributed by atoms with Crippen LogP contribution < -0.4 is 15.7 Å². The van der Waals surface area contributed by atoms with Gasteiger partial charge in [-0.05, 0) is 102 Å². The highest BCUT2D eigenvalue weighted by atomic mass is 16.6. The van der Waals surface area contributed by atoms with Crippen molar-refractivity contribution in [3.63, 3.8) is 0 Å². The molecule has 4 rings (SSSR count). The Morgan fingerprint density at radius 3 is 2.48 bits per heavy atom. The third-order valence-electron chi connectivity index (χ3n) is 6.50. The molecule has 1 fully saturated rings. The highest BCUT2D eigenvalue weighted by Gasteiger charge is 2.30. The molecule has 2 aliphatic rings. The van der Waals surface area contributed by atoms with Crippen molar-refractivity contribution in [2.45, 2.75) is 78.2 Å². The minimum atomic E-state index is -0.520. The number of amides is 1. The van der Waals surface area contributed by atoms with Crippen molar-refractivity contribution in [1.29, 1.82) is 0 Å². The summed E-state index contributed by atoms with van der Waals surface area (Å²) in [5, 5.41) is 3.59. The van der Waals surface area contributed by atoms with Gasteiger partial charge in [-0.2, -0.15) is 0 Å². The number of carbonyl (C=O) groups excluding carboxylic acids is 2. The first-order valence-electron chi connectivity index (χ1n) is 11.9. The van der Waals surface area contributed by atoms with Gasteiger partial charge in [-0.1, -0.05) is 0 Å². The average Bonchev–Trinajstić information content (AvgIpc) is 3.21. The Morgan fingerprint density at radius 1 is 1.09 bits per heavy atom. The van der Waals surface area contributed by atoms with Crippen LogP contribution in [-0.2, 0) is 22.4 Å². The lowest BCUT2D eigenvalue weighted by atomic mass is 9.82. The quantitative estimate of drug-likeness (QED) is 0.403. The molecule has 178 valence electrons. The lowest BCUT2D eigenvalue weighted by molar-refractivity contribution is -0.140. The lowest BCUT2D eigenvalue weighted by Crippen LogP contribution is -2.36. The van der Waals surface area contributed by atoms with Crippen LogP contribution in [0.15, 0.2) is 21.3 Å². The Morgan fingerprint density at radius 2 is 1.79 bits per heavy atom. The minimum Gasteiger partial charge on any atom is -0.444 e. The summed E-state index contributed by atoms with van der Waals surface area (Å²) in [4.78, 5) is 37.2. The number of benzene rings is 1. The van der Waals surface area contributed by atoms with Gasteiger partial charge in [-0.15, -0.1) is 0 Å². The van der Waals surface area contributed by atoms with E-state index in [-0.39, 0.29) is 17.5 Å². The second-order valence-corrected chi connectivity index (χ2v) is 10.4. The van der Waals surface area contributed by atoms with Gasteiger partial charge in [-0.3, -0.25) is 4.79 Å². The van der Waals surface area contributed by atoms with Gasteiger partial charge in [0.1, 0.15) is 16.9 Å². The van der Waals surface area contributed by atoms with Crippen molar-refractivity contribution >= 4 is 23.0 Å². The molecule has 1 saturated carbocycles. The molecule has 1 heterocycles. The van der Waals surface area contributed by atoms with E-state index < -0.39 is 11.7 Å². The molecule has 7 heteroatoms. The molecule has 33 heavy (non-hydrogen) atoms. The van der Waals surface area contributed by atoms with E-state index in [1.165, 1.54) is 0 Å². The molecule has 0 saturated heterocycles. The lowest BCUT2D eigenvalue weighted by Gasteiger charge is -2.28.